The first-order valence-corrected chi connectivity index (χ1v) is 13.6. The van der Waals surface area contributed by atoms with Gasteiger partial charge in [0, 0.05) is 13.1 Å². The monoisotopic (exact) mass is 530 g/mol. The van der Waals surface area contributed by atoms with Crippen LogP contribution in [0.15, 0.2) is 66.7 Å². The molecule has 208 valence electrons. The molecule has 0 spiro atoms. The average Bonchev–Trinajstić information content (AvgIpc) is 2.97. The molecule has 0 aliphatic rings. The predicted molar refractivity (Wildman–Crippen MR) is 155 cm³/mol. The van der Waals surface area contributed by atoms with Crippen LogP contribution in [0.25, 0.3) is 0 Å². The molecule has 2 N–H and O–H groups in total. The van der Waals surface area contributed by atoms with E-state index < -0.39 is 5.41 Å². The lowest BCUT2D eigenvalue weighted by Gasteiger charge is -2.33. The minimum Gasteiger partial charge on any atom is -0.493 e. The number of nitriles is 1. The van der Waals surface area contributed by atoms with E-state index in [1.165, 1.54) is 11.1 Å². The van der Waals surface area contributed by atoms with Crippen molar-refractivity contribution in [1.29, 1.82) is 5.26 Å². The Labute approximate surface area is 233 Å². The van der Waals surface area contributed by atoms with E-state index in [1.54, 1.807) is 14.2 Å². The highest BCUT2D eigenvalue weighted by Gasteiger charge is 2.36. The lowest BCUT2D eigenvalue weighted by atomic mass is 9.69. The highest BCUT2D eigenvalue weighted by Crippen LogP contribution is 2.38. The summed E-state index contributed by atoms with van der Waals surface area (Å²) < 4.78 is 10.9. The SMILES string of the molecule is COc1ccc(CCN(CCCC(C#N)(c2ccc(CO)c(CO)c2)C(C)C)Cc2ccccc2)cc1OC. The Bertz CT molecular complexity index is 1220. The number of rotatable bonds is 15. The number of hydrogen-bond acceptors (Lipinski definition) is 6. The van der Waals surface area contributed by atoms with Gasteiger partial charge in [-0.3, -0.25) is 4.90 Å². The van der Waals surface area contributed by atoms with E-state index in [0.717, 1.165) is 49.5 Å². The van der Waals surface area contributed by atoms with Crippen molar-refractivity contribution in [3.63, 3.8) is 0 Å². The van der Waals surface area contributed by atoms with Gasteiger partial charge in [0.25, 0.3) is 0 Å². The first kappa shape index (κ1) is 30.2. The van der Waals surface area contributed by atoms with Crippen LogP contribution in [0.2, 0.25) is 0 Å². The number of methoxy groups -OCH3 is 2. The number of hydrogen-bond donors (Lipinski definition) is 2. The molecule has 0 bridgehead atoms. The fourth-order valence-corrected chi connectivity index (χ4v) is 5.24. The zero-order valence-electron chi connectivity index (χ0n) is 23.7. The van der Waals surface area contributed by atoms with Crippen LogP contribution in [-0.2, 0) is 31.6 Å². The maximum atomic E-state index is 10.4. The van der Waals surface area contributed by atoms with Crippen LogP contribution < -0.4 is 9.47 Å². The van der Waals surface area contributed by atoms with Gasteiger partial charge in [-0.25, -0.2) is 0 Å². The van der Waals surface area contributed by atoms with Gasteiger partial charge in [-0.05, 0) is 71.7 Å². The smallest absolute Gasteiger partial charge is 0.160 e. The summed E-state index contributed by atoms with van der Waals surface area (Å²) in [6.45, 7) is 6.41. The van der Waals surface area contributed by atoms with Crippen LogP contribution in [0.5, 0.6) is 11.5 Å². The van der Waals surface area contributed by atoms with Gasteiger partial charge in [0.05, 0.1) is 38.9 Å². The van der Waals surface area contributed by atoms with Crippen molar-refractivity contribution >= 4 is 0 Å². The maximum Gasteiger partial charge on any atom is 0.160 e. The van der Waals surface area contributed by atoms with Gasteiger partial charge in [0.1, 0.15) is 0 Å². The molecule has 0 aliphatic carbocycles. The third kappa shape index (κ3) is 7.60. The molecule has 3 aromatic carbocycles. The number of nitrogens with zero attached hydrogens (tertiary/aromatic N) is 2. The maximum absolute atomic E-state index is 10.4. The molecule has 0 aliphatic heterocycles. The van der Waals surface area contributed by atoms with Crippen LogP contribution in [0.4, 0.5) is 0 Å². The second-order valence-electron chi connectivity index (χ2n) is 10.3. The molecule has 6 nitrogen and oxygen atoms in total. The lowest BCUT2D eigenvalue weighted by molar-refractivity contribution is 0.245. The summed E-state index contributed by atoms with van der Waals surface area (Å²) in [5.41, 5.74) is 4.03. The fraction of sp³-hybridized carbons (Fsp3) is 0.424. The van der Waals surface area contributed by atoms with Gasteiger partial charge in [-0.15, -0.1) is 0 Å². The molecule has 1 atom stereocenters. The van der Waals surface area contributed by atoms with Crippen LogP contribution in [-0.4, -0.2) is 42.4 Å². The standard InChI is InChI=1S/C33H42N2O4/c1-25(2)33(24-34,30-13-12-28(22-36)29(20-30)23-37)16-8-17-35(21-27-9-6-5-7-10-27)18-15-26-11-14-31(38-3)32(19-26)39-4/h5-7,9-14,19-20,25,36-37H,8,15-18,21-23H2,1-4H3. The Kier molecular flexibility index (Phi) is 11.4. The van der Waals surface area contributed by atoms with E-state index in [0.29, 0.717) is 17.5 Å². The van der Waals surface area contributed by atoms with Crippen LogP contribution in [0, 0.1) is 17.2 Å². The summed E-state index contributed by atoms with van der Waals surface area (Å²) in [5, 5.41) is 29.9. The number of ether oxygens (including phenoxy) is 2. The molecule has 0 saturated heterocycles. The minimum atomic E-state index is -0.681. The van der Waals surface area contributed by atoms with Gasteiger partial charge in [-0.2, -0.15) is 5.26 Å². The van der Waals surface area contributed by atoms with Crippen LogP contribution >= 0.6 is 0 Å². The van der Waals surface area contributed by atoms with Crippen molar-refractivity contribution < 1.29 is 19.7 Å². The molecule has 3 rings (SSSR count). The number of benzene rings is 3. The van der Waals surface area contributed by atoms with Crippen molar-refractivity contribution in [2.45, 2.75) is 58.3 Å². The molecule has 3 aromatic rings. The zero-order chi connectivity index (χ0) is 28.3. The lowest BCUT2D eigenvalue weighted by Crippen LogP contribution is -2.33. The Morgan fingerprint density at radius 3 is 2.18 bits per heavy atom. The third-order valence-corrected chi connectivity index (χ3v) is 7.71. The fourth-order valence-electron chi connectivity index (χ4n) is 5.24. The summed E-state index contributed by atoms with van der Waals surface area (Å²) in [6.07, 6.45) is 2.41. The normalized spacial score (nSPS) is 12.8. The highest BCUT2D eigenvalue weighted by atomic mass is 16.5. The first-order chi connectivity index (χ1) is 18.9. The van der Waals surface area contributed by atoms with Crippen LogP contribution in [0.1, 0.15) is 54.5 Å². The topological polar surface area (TPSA) is 86.0 Å². The molecule has 39 heavy (non-hydrogen) atoms. The second kappa shape index (κ2) is 14.7. The third-order valence-electron chi connectivity index (χ3n) is 7.71. The van der Waals surface area contributed by atoms with Crippen molar-refractivity contribution in [1.82, 2.24) is 4.90 Å². The van der Waals surface area contributed by atoms with E-state index in [2.05, 4.69) is 55.1 Å². The molecule has 0 heterocycles. The zero-order valence-corrected chi connectivity index (χ0v) is 23.7. The molecule has 0 saturated carbocycles. The quantitative estimate of drug-likeness (QED) is 0.265. The first-order valence-electron chi connectivity index (χ1n) is 13.6. The predicted octanol–water partition coefficient (Wildman–Crippen LogP) is 5.63. The second-order valence-corrected chi connectivity index (χ2v) is 10.3. The summed E-state index contributed by atoms with van der Waals surface area (Å²) in [4.78, 5) is 2.45. The molecule has 6 heteroatoms. The molecule has 1 unspecified atom stereocenters. The van der Waals surface area contributed by atoms with Crippen molar-refractivity contribution in [2.75, 3.05) is 27.3 Å². The Balaban J connectivity index is 1.77. The van der Waals surface area contributed by atoms with E-state index in [4.69, 9.17) is 9.47 Å². The number of aliphatic hydroxyl groups excluding tert-OH is 2. The van der Waals surface area contributed by atoms with E-state index in [9.17, 15) is 15.5 Å². The van der Waals surface area contributed by atoms with Gasteiger partial charge in [0.2, 0.25) is 0 Å². The summed E-state index contributed by atoms with van der Waals surface area (Å²) >= 11 is 0. The summed E-state index contributed by atoms with van der Waals surface area (Å²) in [7, 11) is 3.30. The molecule has 0 aromatic heterocycles. The Morgan fingerprint density at radius 2 is 1.56 bits per heavy atom. The van der Waals surface area contributed by atoms with Gasteiger partial charge < -0.3 is 19.7 Å². The van der Waals surface area contributed by atoms with Crippen LogP contribution in [0.3, 0.4) is 0 Å². The molecular formula is C33H42N2O4. The average molecular weight is 531 g/mol. The van der Waals surface area contributed by atoms with Gasteiger partial charge in [-0.1, -0.05) is 68.4 Å². The van der Waals surface area contributed by atoms with E-state index in [-0.39, 0.29) is 19.1 Å². The van der Waals surface area contributed by atoms with Crippen molar-refractivity contribution in [2.24, 2.45) is 5.92 Å². The summed E-state index contributed by atoms with van der Waals surface area (Å²) in [5.74, 6) is 1.54. The molecular weight excluding hydrogens is 488 g/mol. The largest absolute Gasteiger partial charge is 0.493 e. The van der Waals surface area contributed by atoms with Crippen molar-refractivity contribution in [3.8, 4) is 17.6 Å². The van der Waals surface area contributed by atoms with Gasteiger partial charge >= 0.3 is 0 Å². The van der Waals surface area contributed by atoms with Crippen molar-refractivity contribution in [3.05, 3.63) is 94.5 Å². The van der Waals surface area contributed by atoms with E-state index in [1.807, 2.05) is 36.4 Å². The molecule has 0 radical (unpaired) electrons. The minimum absolute atomic E-state index is 0.0864. The molecule has 0 amide bonds. The summed E-state index contributed by atoms with van der Waals surface area (Å²) in [6, 6.07) is 24.8. The number of aliphatic hydroxyl groups is 2. The van der Waals surface area contributed by atoms with E-state index >= 15 is 0 Å². The molecule has 0 fully saturated rings. The highest BCUT2D eigenvalue weighted by molar-refractivity contribution is 5.43. The Hall–Kier alpha value is -3.37. The Morgan fingerprint density at radius 1 is 0.846 bits per heavy atom. The van der Waals surface area contributed by atoms with Gasteiger partial charge in [0.15, 0.2) is 11.5 Å².